The monoisotopic (exact) mass is 308 g/mol. The summed E-state index contributed by atoms with van der Waals surface area (Å²) in [5.41, 5.74) is -0.917. The zero-order valence-corrected chi connectivity index (χ0v) is 11.4. The molecule has 0 aliphatic carbocycles. The van der Waals surface area contributed by atoms with Crippen LogP contribution in [-0.2, 0) is 4.74 Å². The minimum absolute atomic E-state index is 0.0288. The van der Waals surface area contributed by atoms with E-state index in [9.17, 15) is 9.18 Å². The van der Waals surface area contributed by atoms with Crippen LogP contribution in [0.4, 0.5) is 4.39 Å². The molecular weight excluding hydrogens is 298 g/mol. The van der Waals surface area contributed by atoms with Crippen LogP contribution in [0.25, 0.3) is 0 Å². The molecule has 0 aliphatic heterocycles. The van der Waals surface area contributed by atoms with Crippen LogP contribution in [0.15, 0.2) is 16.6 Å². The van der Waals surface area contributed by atoms with E-state index in [0.717, 1.165) is 0 Å². The van der Waals surface area contributed by atoms with E-state index in [2.05, 4.69) is 15.9 Å². The number of carbonyl (C=O) groups is 1. The van der Waals surface area contributed by atoms with Gasteiger partial charge >= 0.3 is 5.97 Å². The Kier molecular flexibility index (Phi) is 3.97. The first-order valence-corrected chi connectivity index (χ1v) is 5.75. The second kappa shape index (κ2) is 4.72. The van der Waals surface area contributed by atoms with E-state index < -0.39 is 17.4 Å². The molecule has 0 saturated carbocycles. The van der Waals surface area contributed by atoms with Crippen molar-refractivity contribution in [3.8, 4) is 0 Å². The Bertz CT molecular complexity index is 403. The number of halogens is 3. The fraction of sp³-hybridized carbons (Fsp3) is 0.364. The Hall–Kier alpha value is -0.610. The molecule has 1 aromatic rings. The second-order valence-electron chi connectivity index (χ2n) is 4.25. The average Bonchev–Trinajstić information content (AvgIpc) is 1.96. The highest BCUT2D eigenvalue weighted by Crippen LogP contribution is 2.26. The third-order valence-electron chi connectivity index (χ3n) is 1.61. The SMILES string of the molecule is CC(C)(C)OC(=O)c1c(F)cc(Br)cc1Cl. The van der Waals surface area contributed by atoms with Gasteiger partial charge in [0.2, 0.25) is 0 Å². The summed E-state index contributed by atoms with van der Waals surface area (Å²) in [4.78, 5) is 11.7. The van der Waals surface area contributed by atoms with Gasteiger partial charge < -0.3 is 4.74 Å². The molecule has 0 radical (unpaired) electrons. The van der Waals surface area contributed by atoms with Crippen LogP contribution in [0.3, 0.4) is 0 Å². The maximum atomic E-state index is 13.5. The molecule has 0 fully saturated rings. The van der Waals surface area contributed by atoms with Crippen LogP contribution < -0.4 is 0 Å². The van der Waals surface area contributed by atoms with Crippen LogP contribution in [0.2, 0.25) is 5.02 Å². The molecule has 0 bridgehead atoms. The van der Waals surface area contributed by atoms with Gasteiger partial charge in [0, 0.05) is 4.47 Å². The van der Waals surface area contributed by atoms with E-state index in [1.165, 1.54) is 12.1 Å². The van der Waals surface area contributed by atoms with E-state index in [1.807, 2.05) is 0 Å². The van der Waals surface area contributed by atoms with Crippen molar-refractivity contribution in [2.24, 2.45) is 0 Å². The molecule has 0 heterocycles. The Morgan fingerprint density at radius 3 is 2.44 bits per heavy atom. The molecule has 0 spiro atoms. The fourth-order valence-electron chi connectivity index (χ4n) is 1.07. The molecule has 2 nitrogen and oxygen atoms in total. The van der Waals surface area contributed by atoms with Gasteiger partial charge in [0.1, 0.15) is 17.0 Å². The highest BCUT2D eigenvalue weighted by molar-refractivity contribution is 9.10. The molecule has 1 rings (SSSR count). The average molecular weight is 310 g/mol. The number of esters is 1. The van der Waals surface area contributed by atoms with E-state index in [0.29, 0.717) is 4.47 Å². The smallest absolute Gasteiger partial charge is 0.343 e. The molecule has 0 saturated heterocycles. The minimum Gasteiger partial charge on any atom is -0.456 e. The van der Waals surface area contributed by atoms with Gasteiger partial charge in [-0.3, -0.25) is 0 Å². The lowest BCUT2D eigenvalue weighted by Gasteiger charge is -2.20. The predicted octanol–water partition coefficient (Wildman–Crippen LogP) is 4.20. The highest BCUT2D eigenvalue weighted by atomic mass is 79.9. The largest absolute Gasteiger partial charge is 0.456 e. The fourth-order valence-corrected chi connectivity index (χ4v) is 1.91. The van der Waals surface area contributed by atoms with Crippen LogP contribution in [0, 0.1) is 5.82 Å². The van der Waals surface area contributed by atoms with Gasteiger partial charge in [-0.25, -0.2) is 9.18 Å². The third kappa shape index (κ3) is 3.46. The van der Waals surface area contributed by atoms with Gasteiger partial charge in [0.15, 0.2) is 0 Å². The molecule has 88 valence electrons. The van der Waals surface area contributed by atoms with E-state index in [-0.39, 0.29) is 10.6 Å². The molecule has 5 heteroatoms. The Morgan fingerprint density at radius 1 is 1.44 bits per heavy atom. The standard InChI is InChI=1S/C11H11BrClFO2/c1-11(2,3)16-10(15)9-7(13)4-6(12)5-8(9)14/h4-5H,1-3H3. The van der Waals surface area contributed by atoms with Gasteiger partial charge in [-0.05, 0) is 32.9 Å². The van der Waals surface area contributed by atoms with Crippen molar-refractivity contribution < 1.29 is 13.9 Å². The van der Waals surface area contributed by atoms with Gasteiger partial charge in [-0.15, -0.1) is 0 Å². The van der Waals surface area contributed by atoms with Crippen molar-refractivity contribution >= 4 is 33.5 Å². The van der Waals surface area contributed by atoms with Crippen LogP contribution >= 0.6 is 27.5 Å². The first kappa shape index (κ1) is 13.5. The van der Waals surface area contributed by atoms with Crippen molar-refractivity contribution in [3.05, 3.63) is 33.0 Å². The first-order valence-electron chi connectivity index (χ1n) is 4.58. The molecule has 0 atom stereocenters. The number of benzene rings is 1. The quantitative estimate of drug-likeness (QED) is 0.727. The minimum atomic E-state index is -0.762. The van der Waals surface area contributed by atoms with E-state index in [1.54, 1.807) is 20.8 Å². The summed E-state index contributed by atoms with van der Waals surface area (Å²) in [6.07, 6.45) is 0. The number of ether oxygens (including phenoxy) is 1. The summed E-state index contributed by atoms with van der Waals surface area (Å²) in [7, 11) is 0. The Morgan fingerprint density at radius 2 is 2.00 bits per heavy atom. The van der Waals surface area contributed by atoms with Gasteiger partial charge in [0.25, 0.3) is 0 Å². The van der Waals surface area contributed by atoms with Crippen LogP contribution in [0.1, 0.15) is 31.1 Å². The maximum Gasteiger partial charge on any atom is 0.343 e. The lowest BCUT2D eigenvalue weighted by Crippen LogP contribution is -2.24. The van der Waals surface area contributed by atoms with Crippen molar-refractivity contribution in [1.29, 1.82) is 0 Å². The molecule has 0 aromatic heterocycles. The van der Waals surface area contributed by atoms with Gasteiger partial charge in [-0.1, -0.05) is 27.5 Å². The summed E-state index contributed by atoms with van der Waals surface area (Å²) in [6.45, 7) is 5.11. The number of rotatable bonds is 1. The Labute approximate surface area is 107 Å². The number of carbonyl (C=O) groups excluding carboxylic acids is 1. The maximum absolute atomic E-state index is 13.5. The zero-order chi connectivity index (χ0) is 12.5. The second-order valence-corrected chi connectivity index (χ2v) is 5.57. The van der Waals surface area contributed by atoms with Crippen molar-refractivity contribution in [3.63, 3.8) is 0 Å². The molecular formula is C11H11BrClFO2. The summed E-state index contributed by atoms with van der Waals surface area (Å²) >= 11 is 8.87. The van der Waals surface area contributed by atoms with E-state index >= 15 is 0 Å². The summed E-state index contributed by atoms with van der Waals surface area (Å²) in [5.74, 6) is -1.46. The zero-order valence-electron chi connectivity index (χ0n) is 9.11. The molecule has 1 aromatic carbocycles. The molecule has 16 heavy (non-hydrogen) atoms. The van der Waals surface area contributed by atoms with Crippen LogP contribution in [-0.4, -0.2) is 11.6 Å². The Balaban J connectivity index is 3.10. The summed E-state index contributed by atoms with van der Waals surface area (Å²) in [5, 5.41) is 0.0288. The first-order chi connectivity index (χ1) is 7.20. The predicted molar refractivity (Wildman–Crippen MR) is 64.3 cm³/mol. The highest BCUT2D eigenvalue weighted by Gasteiger charge is 2.23. The van der Waals surface area contributed by atoms with Crippen molar-refractivity contribution in [1.82, 2.24) is 0 Å². The molecule has 0 unspecified atom stereocenters. The lowest BCUT2D eigenvalue weighted by atomic mass is 10.1. The molecule has 0 aliphatic rings. The van der Waals surface area contributed by atoms with Gasteiger partial charge in [-0.2, -0.15) is 0 Å². The normalized spacial score (nSPS) is 11.4. The third-order valence-corrected chi connectivity index (χ3v) is 2.37. The summed E-state index contributed by atoms with van der Waals surface area (Å²) < 4.78 is 19.0. The van der Waals surface area contributed by atoms with E-state index in [4.69, 9.17) is 16.3 Å². The van der Waals surface area contributed by atoms with Gasteiger partial charge in [0.05, 0.1) is 5.02 Å². The number of hydrogen-bond acceptors (Lipinski definition) is 2. The van der Waals surface area contributed by atoms with Crippen molar-refractivity contribution in [2.75, 3.05) is 0 Å². The number of hydrogen-bond donors (Lipinski definition) is 0. The topological polar surface area (TPSA) is 26.3 Å². The van der Waals surface area contributed by atoms with Crippen molar-refractivity contribution in [2.45, 2.75) is 26.4 Å². The molecule has 0 N–H and O–H groups in total. The summed E-state index contributed by atoms with van der Waals surface area (Å²) in [6, 6.07) is 2.62. The van der Waals surface area contributed by atoms with Crippen LogP contribution in [0.5, 0.6) is 0 Å². The lowest BCUT2D eigenvalue weighted by molar-refractivity contribution is 0.00650. The molecule has 0 amide bonds.